The van der Waals surface area contributed by atoms with Gasteiger partial charge in [0.15, 0.2) is 0 Å². The standard InChI is InChI=1S/C23H26O8/c1-10-17(25)11(2)21-16-14(8-13(28-20(10)16)12-6-4-3-5-7-12)29-22-19(27)18(26)15(9-24)30-23(22)31-21/h3-7,13-15,18-19,22-27H,8-9H2,1-2H3. The van der Waals surface area contributed by atoms with Crippen LogP contribution in [0.15, 0.2) is 30.3 Å². The fourth-order valence-electron chi connectivity index (χ4n) is 4.70. The van der Waals surface area contributed by atoms with Gasteiger partial charge < -0.3 is 39.4 Å². The van der Waals surface area contributed by atoms with Crippen LogP contribution in [0, 0.1) is 13.8 Å². The van der Waals surface area contributed by atoms with Crippen LogP contribution in [0.3, 0.4) is 0 Å². The smallest absolute Gasteiger partial charge is 0.229 e. The van der Waals surface area contributed by atoms with Crippen molar-refractivity contribution in [3.05, 3.63) is 52.6 Å². The van der Waals surface area contributed by atoms with Crippen LogP contribution in [0.1, 0.15) is 40.9 Å². The number of rotatable bonds is 2. The largest absolute Gasteiger partial charge is 0.507 e. The maximum absolute atomic E-state index is 10.8. The average molecular weight is 430 g/mol. The molecule has 3 heterocycles. The molecule has 0 spiro atoms. The third-order valence-electron chi connectivity index (χ3n) is 6.44. The summed E-state index contributed by atoms with van der Waals surface area (Å²) in [6.07, 6.45) is -6.11. The number of hydrogen-bond acceptors (Lipinski definition) is 8. The van der Waals surface area contributed by atoms with E-state index in [2.05, 4.69) is 0 Å². The highest BCUT2D eigenvalue weighted by atomic mass is 16.7. The quantitative estimate of drug-likeness (QED) is 0.570. The molecule has 8 nitrogen and oxygen atoms in total. The molecule has 0 radical (unpaired) electrons. The maximum Gasteiger partial charge on any atom is 0.229 e. The molecule has 1 saturated heterocycles. The monoisotopic (exact) mass is 430 g/mol. The highest BCUT2D eigenvalue weighted by Gasteiger charge is 2.51. The lowest BCUT2D eigenvalue weighted by atomic mass is 9.90. The molecular formula is C23H26O8. The van der Waals surface area contributed by atoms with E-state index in [9.17, 15) is 20.4 Å². The Hall–Kier alpha value is -2.36. The molecule has 0 amide bonds. The van der Waals surface area contributed by atoms with Gasteiger partial charge in [-0.3, -0.25) is 0 Å². The van der Waals surface area contributed by atoms with Crippen LogP contribution in [0.25, 0.3) is 0 Å². The Labute approximate surface area is 179 Å². The second-order valence-corrected chi connectivity index (χ2v) is 8.34. The van der Waals surface area contributed by atoms with E-state index >= 15 is 0 Å². The van der Waals surface area contributed by atoms with Crippen molar-refractivity contribution in [3.63, 3.8) is 0 Å². The van der Waals surface area contributed by atoms with E-state index in [1.807, 2.05) is 30.3 Å². The average Bonchev–Trinajstić information content (AvgIpc) is 2.96. The van der Waals surface area contributed by atoms with Gasteiger partial charge in [0, 0.05) is 17.5 Å². The second-order valence-electron chi connectivity index (χ2n) is 8.34. The molecule has 0 bridgehead atoms. The van der Waals surface area contributed by atoms with Crippen molar-refractivity contribution >= 4 is 0 Å². The molecule has 31 heavy (non-hydrogen) atoms. The SMILES string of the molecule is Cc1c(O)c(C)c2c3c1OC(c1ccccc1)CC3OC1C(O2)OC(CO)C(O)C1O. The first-order valence-corrected chi connectivity index (χ1v) is 10.4. The summed E-state index contributed by atoms with van der Waals surface area (Å²) < 4.78 is 24.4. The molecule has 7 atom stereocenters. The minimum atomic E-state index is -1.32. The van der Waals surface area contributed by atoms with E-state index in [0.717, 1.165) is 5.56 Å². The van der Waals surface area contributed by atoms with Crippen molar-refractivity contribution in [2.24, 2.45) is 0 Å². The minimum Gasteiger partial charge on any atom is -0.507 e. The van der Waals surface area contributed by atoms with Crippen molar-refractivity contribution < 1.29 is 39.4 Å². The lowest BCUT2D eigenvalue weighted by molar-refractivity contribution is -0.292. The van der Waals surface area contributed by atoms with Gasteiger partial charge >= 0.3 is 0 Å². The summed E-state index contributed by atoms with van der Waals surface area (Å²) in [5.74, 6) is 0.910. The predicted octanol–water partition coefficient (Wildman–Crippen LogP) is 1.79. The molecule has 2 aromatic carbocycles. The molecule has 166 valence electrons. The van der Waals surface area contributed by atoms with Crippen molar-refractivity contribution in [1.29, 1.82) is 0 Å². The first-order chi connectivity index (χ1) is 14.9. The summed E-state index contributed by atoms with van der Waals surface area (Å²) in [5, 5.41) is 41.3. The van der Waals surface area contributed by atoms with Crippen LogP contribution in [0.4, 0.5) is 0 Å². The van der Waals surface area contributed by atoms with Gasteiger partial charge in [-0.25, -0.2) is 0 Å². The third kappa shape index (κ3) is 3.18. The molecule has 3 aliphatic rings. The minimum absolute atomic E-state index is 0.0507. The molecule has 5 rings (SSSR count). The lowest BCUT2D eigenvalue weighted by Gasteiger charge is -2.41. The van der Waals surface area contributed by atoms with E-state index in [1.54, 1.807) is 13.8 Å². The van der Waals surface area contributed by atoms with Crippen LogP contribution in [0.5, 0.6) is 17.2 Å². The summed E-state index contributed by atoms with van der Waals surface area (Å²) in [5.41, 5.74) is 2.70. The number of ether oxygens (including phenoxy) is 4. The molecule has 7 unspecified atom stereocenters. The van der Waals surface area contributed by atoms with Gasteiger partial charge in [-0.2, -0.15) is 0 Å². The number of hydrogen-bond donors (Lipinski definition) is 4. The molecule has 8 heteroatoms. The second kappa shape index (κ2) is 7.65. The summed E-state index contributed by atoms with van der Waals surface area (Å²) in [4.78, 5) is 0. The van der Waals surface area contributed by atoms with Crippen LogP contribution < -0.4 is 9.47 Å². The van der Waals surface area contributed by atoms with Gasteiger partial charge in [0.1, 0.15) is 47.8 Å². The van der Waals surface area contributed by atoms with Crippen molar-refractivity contribution in [3.8, 4) is 17.2 Å². The van der Waals surface area contributed by atoms with E-state index in [0.29, 0.717) is 34.6 Å². The third-order valence-corrected chi connectivity index (χ3v) is 6.44. The van der Waals surface area contributed by atoms with E-state index in [4.69, 9.17) is 18.9 Å². The van der Waals surface area contributed by atoms with Gasteiger partial charge in [0.25, 0.3) is 0 Å². The van der Waals surface area contributed by atoms with Crippen LogP contribution >= 0.6 is 0 Å². The molecule has 4 N–H and O–H groups in total. The van der Waals surface area contributed by atoms with E-state index in [-0.39, 0.29) is 11.9 Å². The summed E-state index contributed by atoms with van der Waals surface area (Å²) in [6, 6.07) is 9.70. The number of phenolic OH excluding ortho intramolecular Hbond substituents is 1. The Bertz CT molecular complexity index is 978. The number of benzene rings is 2. The number of fused-ring (bicyclic) bond motifs is 1. The molecular weight excluding hydrogens is 404 g/mol. The van der Waals surface area contributed by atoms with Gasteiger partial charge in [0.2, 0.25) is 6.29 Å². The fraction of sp³-hybridized carbons (Fsp3) is 0.478. The van der Waals surface area contributed by atoms with Crippen LogP contribution in [0.2, 0.25) is 0 Å². The summed E-state index contributed by atoms with van der Waals surface area (Å²) in [6.45, 7) is 3.02. The number of phenols is 1. The normalized spacial score (nSPS) is 34.0. The van der Waals surface area contributed by atoms with Gasteiger partial charge in [0.05, 0.1) is 18.3 Å². The Morgan fingerprint density at radius 3 is 2.26 bits per heavy atom. The molecule has 3 aliphatic heterocycles. The number of aliphatic hydroxyl groups is 3. The predicted molar refractivity (Wildman–Crippen MR) is 108 cm³/mol. The zero-order valence-corrected chi connectivity index (χ0v) is 17.3. The number of aromatic hydroxyl groups is 1. The first kappa shape index (κ1) is 20.5. The Morgan fingerprint density at radius 1 is 0.903 bits per heavy atom. The Balaban J connectivity index is 1.62. The Morgan fingerprint density at radius 2 is 1.58 bits per heavy atom. The first-order valence-electron chi connectivity index (χ1n) is 10.4. The van der Waals surface area contributed by atoms with Crippen LogP contribution in [-0.4, -0.2) is 57.7 Å². The van der Waals surface area contributed by atoms with Gasteiger partial charge in [-0.1, -0.05) is 30.3 Å². The van der Waals surface area contributed by atoms with Crippen molar-refractivity contribution in [2.75, 3.05) is 6.61 Å². The van der Waals surface area contributed by atoms with Gasteiger partial charge in [-0.15, -0.1) is 0 Å². The van der Waals surface area contributed by atoms with Crippen molar-refractivity contribution in [2.45, 2.75) is 63.2 Å². The number of aliphatic hydroxyl groups excluding tert-OH is 3. The highest BCUT2D eigenvalue weighted by molar-refractivity contribution is 5.63. The molecule has 0 aromatic heterocycles. The fourth-order valence-corrected chi connectivity index (χ4v) is 4.70. The van der Waals surface area contributed by atoms with Gasteiger partial charge in [-0.05, 0) is 19.4 Å². The summed E-state index contributed by atoms with van der Waals surface area (Å²) >= 11 is 0. The zero-order chi connectivity index (χ0) is 21.9. The van der Waals surface area contributed by atoms with E-state index in [1.165, 1.54) is 0 Å². The molecule has 2 aromatic rings. The van der Waals surface area contributed by atoms with Crippen LogP contribution in [-0.2, 0) is 9.47 Å². The lowest BCUT2D eigenvalue weighted by Crippen LogP contribution is -2.60. The maximum atomic E-state index is 10.8. The topological polar surface area (TPSA) is 118 Å². The molecule has 1 fully saturated rings. The Kier molecular flexibility index (Phi) is 5.07. The zero-order valence-electron chi connectivity index (χ0n) is 17.3. The molecule has 0 saturated carbocycles. The summed E-state index contributed by atoms with van der Waals surface area (Å²) in [7, 11) is 0. The van der Waals surface area contributed by atoms with Crippen molar-refractivity contribution in [1.82, 2.24) is 0 Å². The van der Waals surface area contributed by atoms with E-state index < -0.39 is 43.4 Å². The molecule has 0 aliphatic carbocycles. The highest BCUT2D eigenvalue weighted by Crippen LogP contribution is 2.55.